The maximum Gasteiger partial charge on any atom is 0.0461 e. The monoisotopic (exact) mass is 282 g/mol. The van der Waals surface area contributed by atoms with Gasteiger partial charge in [0, 0.05) is 26.9 Å². The first-order chi connectivity index (χ1) is 7.13. The van der Waals surface area contributed by atoms with Crippen LogP contribution < -0.4 is 0 Å². The van der Waals surface area contributed by atoms with Crippen molar-refractivity contribution in [3.63, 3.8) is 0 Å². The Labute approximate surface area is 110 Å². The molecule has 0 fully saturated rings. The van der Waals surface area contributed by atoms with Gasteiger partial charge in [-0.1, -0.05) is 36.2 Å². The molecule has 4 heteroatoms. The molecule has 0 nitrogen and oxygen atoms in total. The number of halogens is 3. The fourth-order valence-corrected chi connectivity index (χ4v) is 3.12. The summed E-state index contributed by atoms with van der Waals surface area (Å²) >= 11 is 19.4. The minimum absolute atomic E-state index is 0.564. The predicted octanol–water partition coefficient (Wildman–Crippen LogP) is 5.24. The molecule has 0 saturated carbocycles. The van der Waals surface area contributed by atoms with E-state index in [4.69, 9.17) is 34.8 Å². The van der Waals surface area contributed by atoms with E-state index in [0.717, 1.165) is 22.8 Å². The van der Waals surface area contributed by atoms with Crippen LogP contribution in [0.4, 0.5) is 0 Å². The summed E-state index contributed by atoms with van der Waals surface area (Å²) in [5, 5.41) is 1.99. The van der Waals surface area contributed by atoms with Gasteiger partial charge in [-0.15, -0.1) is 11.6 Å². The normalized spacial score (nSPS) is 12.8. The zero-order valence-corrected chi connectivity index (χ0v) is 11.6. The Morgan fingerprint density at radius 3 is 2.67 bits per heavy atom. The van der Waals surface area contributed by atoms with Gasteiger partial charge in [0.15, 0.2) is 0 Å². The Hall–Kier alpha value is 0.440. The molecule has 0 aliphatic rings. The van der Waals surface area contributed by atoms with Gasteiger partial charge in [-0.25, -0.2) is 0 Å². The van der Waals surface area contributed by atoms with Gasteiger partial charge in [0.05, 0.1) is 0 Å². The van der Waals surface area contributed by atoms with E-state index < -0.39 is 0 Å². The first-order valence-corrected chi connectivity index (χ1v) is 7.09. The fraction of sp³-hybridized carbons (Fsp3) is 0.455. The number of benzene rings is 1. The van der Waals surface area contributed by atoms with E-state index in [-0.39, 0.29) is 0 Å². The SMILES string of the molecule is CC(CCCl)SCc1ccc(Cl)cc1Cl. The maximum absolute atomic E-state index is 6.07. The Morgan fingerprint density at radius 1 is 1.33 bits per heavy atom. The highest BCUT2D eigenvalue weighted by Crippen LogP contribution is 2.27. The van der Waals surface area contributed by atoms with Crippen LogP contribution in [0.5, 0.6) is 0 Å². The minimum atomic E-state index is 0.564. The molecule has 0 radical (unpaired) electrons. The van der Waals surface area contributed by atoms with Crippen molar-refractivity contribution in [3.8, 4) is 0 Å². The highest BCUT2D eigenvalue weighted by atomic mass is 35.5. The van der Waals surface area contributed by atoms with Crippen molar-refractivity contribution < 1.29 is 0 Å². The Morgan fingerprint density at radius 2 is 2.07 bits per heavy atom. The van der Waals surface area contributed by atoms with Gasteiger partial charge in [0.25, 0.3) is 0 Å². The van der Waals surface area contributed by atoms with Gasteiger partial charge in [-0.2, -0.15) is 11.8 Å². The molecular formula is C11H13Cl3S. The molecule has 0 spiro atoms. The predicted molar refractivity (Wildman–Crippen MR) is 72.6 cm³/mol. The number of hydrogen-bond donors (Lipinski definition) is 0. The molecule has 0 heterocycles. The van der Waals surface area contributed by atoms with Gasteiger partial charge in [0.2, 0.25) is 0 Å². The van der Waals surface area contributed by atoms with Gasteiger partial charge < -0.3 is 0 Å². The van der Waals surface area contributed by atoms with Crippen LogP contribution >= 0.6 is 46.6 Å². The molecular weight excluding hydrogens is 271 g/mol. The molecule has 0 aliphatic heterocycles. The number of thioether (sulfide) groups is 1. The number of alkyl halides is 1. The van der Waals surface area contributed by atoms with Crippen LogP contribution in [0.3, 0.4) is 0 Å². The van der Waals surface area contributed by atoms with Crippen molar-refractivity contribution in [3.05, 3.63) is 33.8 Å². The standard InChI is InChI=1S/C11H13Cl3S/c1-8(4-5-12)15-7-9-2-3-10(13)6-11(9)14/h2-3,6,8H,4-5,7H2,1H3. The van der Waals surface area contributed by atoms with E-state index in [2.05, 4.69) is 6.92 Å². The van der Waals surface area contributed by atoms with Crippen molar-refractivity contribution in [1.82, 2.24) is 0 Å². The minimum Gasteiger partial charge on any atom is -0.154 e. The van der Waals surface area contributed by atoms with Crippen LogP contribution in [-0.2, 0) is 5.75 Å². The molecule has 84 valence electrons. The summed E-state index contributed by atoms with van der Waals surface area (Å²) in [6.45, 7) is 2.18. The summed E-state index contributed by atoms with van der Waals surface area (Å²) in [4.78, 5) is 0. The van der Waals surface area contributed by atoms with E-state index in [9.17, 15) is 0 Å². The van der Waals surface area contributed by atoms with Crippen LogP contribution in [0.15, 0.2) is 18.2 Å². The fourth-order valence-electron chi connectivity index (χ4n) is 1.11. The lowest BCUT2D eigenvalue weighted by atomic mass is 10.2. The lowest BCUT2D eigenvalue weighted by molar-refractivity contribution is 0.912. The first kappa shape index (κ1) is 13.5. The van der Waals surface area contributed by atoms with Crippen molar-refractivity contribution >= 4 is 46.6 Å². The third-order valence-corrected chi connectivity index (χ3v) is 4.14. The Balaban J connectivity index is 2.50. The van der Waals surface area contributed by atoms with E-state index in [1.807, 2.05) is 23.9 Å². The van der Waals surface area contributed by atoms with Gasteiger partial charge >= 0.3 is 0 Å². The Bertz CT molecular complexity index is 315. The maximum atomic E-state index is 6.07. The second-order valence-corrected chi connectivity index (χ2v) is 5.98. The topological polar surface area (TPSA) is 0 Å². The smallest absolute Gasteiger partial charge is 0.0461 e. The van der Waals surface area contributed by atoms with Gasteiger partial charge in [-0.3, -0.25) is 0 Å². The molecule has 1 atom stereocenters. The molecule has 0 bridgehead atoms. The quantitative estimate of drug-likeness (QED) is 0.666. The highest BCUT2D eigenvalue weighted by Gasteiger charge is 2.05. The molecule has 0 aliphatic carbocycles. The van der Waals surface area contributed by atoms with E-state index in [1.165, 1.54) is 0 Å². The molecule has 0 aromatic heterocycles. The van der Waals surface area contributed by atoms with Crippen molar-refractivity contribution in [2.24, 2.45) is 0 Å². The first-order valence-electron chi connectivity index (χ1n) is 4.75. The van der Waals surface area contributed by atoms with Gasteiger partial charge in [-0.05, 0) is 24.1 Å². The number of hydrogen-bond acceptors (Lipinski definition) is 1. The lowest BCUT2D eigenvalue weighted by Crippen LogP contribution is -1.97. The zero-order chi connectivity index (χ0) is 11.3. The second kappa shape index (κ2) is 6.90. The van der Waals surface area contributed by atoms with E-state index in [0.29, 0.717) is 16.2 Å². The average Bonchev–Trinajstić information content (AvgIpc) is 2.17. The largest absolute Gasteiger partial charge is 0.154 e. The van der Waals surface area contributed by atoms with Crippen molar-refractivity contribution in [2.75, 3.05) is 5.88 Å². The summed E-state index contributed by atoms with van der Waals surface area (Å²) in [6, 6.07) is 5.63. The number of rotatable bonds is 5. The third-order valence-electron chi connectivity index (χ3n) is 2.05. The van der Waals surface area contributed by atoms with E-state index in [1.54, 1.807) is 6.07 Å². The highest BCUT2D eigenvalue weighted by molar-refractivity contribution is 7.99. The molecule has 15 heavy (non-hydrogen) atoms. The molecule has 1 aromatic carbocycles. The average molecular weight is 284 g/mol. The summed E-state index contributed by atoms with van der Waals surface area (Å²) in [5.74, 6) is 1.62. The summed E-state index contributed by atoms with van der Waals surface area (Å²) < 4.78 is 0. The van der Waals surface area contributed by atoms with Crippen molar-refractivity contribution in [1.29, 1.82) is 0 Å². The molecule has 1 unspecified atom stereocenters. The van der Waals surface area contributed by atoms with Crippen LogP contribution in [-0.4, -0.2) is 11.1 Å². The second-order valence-electron chi connectivity index (χ2n) is 3.34. The zero-order valence-electron chi connectivity index (χ0n) is 8.47. The lowest BCUT2D eigenvalue weighted by Gasteiger charge is -2.10. The van der Waals surface area contributed by atoms with Crippen LogP contribution in [0.2, 0.25) is 10.0 Å². The summed E-state index contributed by atoms with van der Waals surface area (Å²) in [6.07, 6.45) is 1.03. The summed E-state index contributed by atoms with van der Waals surface area (Å²) in [7, 11) is 0. The molecule has 1 rings (SSSR count). The molecule has 0 N–H and O–H groups in total. The molecule has 1 aromatic rings. The summed E-state index contributed by atoms with van der Waals surface area (Å²) in [5.41, 5.74) is 1.13. The molecule has 0 saturated heterocycles. The van der Waals surface area contributed by atoms with Gasteiger partial charge in [0.1, 0.15) is 0 Å². The Kier molecular flexibility index (Phi) is 6.21. The van der Waals surface area contributed by atoms with Crippen LogP contribution in [0, 0.1) is 0 Å². The molecule has 0 amide bonds. The van der Waals surface area contributed by atoms with E-state index >= 15 is 0 Å². The van der Waals surface area contributed by atoms with Crippen LogP contribution in [0.1, 0.15) is 18.9 Å². The van der Waals surface area contributed by atoms with Crippen molar-refractivity contribution in [2.45, 2.75) is 24.3 Å². The van der Waals surface area contributed by atoms with Crippen LogP contribution in [0.25, 0.3) is 0 Å². The third kappa shape index (κ3) is 4.86.